The van der Waals surface area contributed by atoms with E-state index in [2.05, 4.69) is 0 Å². The van der Waals surface area contributed by atoms with Crippen LogP contribution in [0.5, 0.6) is 0 Å². The fourth-order valence-electron chi connectivity index (χ4n) is 1.60. The summed E-state index contributed by atoms with van der Waals surface area (Å²) in [5.74, 6) is 0. The van der Waals surface area contributed by atoms with E-state index in [-0.39, 0.29) is 11.3 Å². The molecular formula is C7H14ClNO3S. The van der Waals surface area contributed by atoms with Crippen molar-refractivity contribution < 1.29 is 13.2 Å². The second kappa shape index (κ2) is 4.59. The fraction of sp³-hybridized carbons (Fsp3) is 1.00. The standard InChI is InChI=1S/C7H14ClNO3S/c1-12-5-7-3-2-4-9(7)13(10,11)6-8/h7H,2-6H2,1H3/t7-/m0/s1. The van der Waals surface area contributed by atoms with E-state index < -0.39 is 10.0 Å². The highest BCUT2D eigenvalue weighted by Crippen LogP contribution is 2.21. The molecule has 6 heteroatoms. The quantitative estimate of drug-likeness (QED) is 0.662. The maximum atomic E-state index is 11.4. The highest BCUT2D eigenvalue weighted by Gasteiger charge is 2.33. The zero-order valence-corrected chi connectivity index (χ0v) is 9.14. The summed E-state index contributed by atoms with van der Waals surface area (Å²) in [6.45, 7) is 1.03. The van der Waals surface area contributed by atoms with Gasteiger partial charge in [-0.2, -0.15) is 4.31 Å². The molecule has 0 bridgehead atoms. The molecule has 0 aromatic carbocycles. The zero-order valence-electron chi connectivity index (χ0n) is 7.57. The molecule has 1 rings (SSSR count). The Labute approximate surface area is 83.9 Å². The van der Waals surface area contributed by atoms with Gasteiger partial charge in [0.2, 0.25) is 10.0 Å². The van der Waals surface area contributed by atoms with Crippen LogP contribution in [0, 0.1) is 0 Å². The van der Waals surface area contributed by atoms with Crippen LogP contribution in [0.2, 0.25) is 0 Å². The number of alkyl halides is 1. The van der Waals surface area contributed by atoms with E-state index in [4.69, 9.17) is 16.3 Å². The minimum absolute atomic E-state index is 0.0197. The molecule has 1 heterocycles. The average Bonchev–Trinajstić information content (AvgIpc) is 2.54. The molecule has 78 valence electrons. The van der Waals surface area contributed by atoms with Crippen LogP contribution in [0.4, 0.5) is 0 Å². The van der Waals surface area contributed by atoms with Crippen molar-refractivity contribution in [3.63, 3.8) is 0 Å². The Hall–Kier alpha value is 0.160. The Morgan fingerprint density at radius 2 is 2.31 bits per heavy atom. The smallest absolute Gasteiger partial charge is 0.228 e. The van der Waals surface area contributed by atoms with Gasteiger partial charge in [0.05, 0.1) is 6.61 Å². The van der Waals surface area contributed by atoms with E-state index in [1.165, 1.54) is 4.31 Å². The van der Waals surface area contributed by atoms with Crippen LogP contribution >= 0.6 is 11.6 Å². The van der Waals surface area contributed by atoms with Crippen molar-refractivity contribution in [1.29, 1.82) is 0 Å². The van der Waals surface area contributed by atoms with Gasteiger partial charge in [-0.3, -0.25) is 0 Å². The summed E-state index contributed by atoms with van der Waals surface area (Å²) in [5.41, 5.74) is 0. The van der Waals surface area contributed by atoms with Crippen molar-refractivity contribution >= 4 is 21.6 Å². The first kappa shape index (κ1) is 11.2. The lowest BCUT2D eigenvalue weighted by molar-refractivity contribution is 0.149. The predicted octanol–water partition coefficient (Wildman–Crippen LogP) is 0.623. The van der Waals surface area contributed by atoms with Crippen molar-refractivity contribution in [3.8, 4) is 0 Å². The molecular weight excluding hydrogens is 214 g/mol. The lowest BCUT2D eigenvalue weighted by atomic mass is 10.2. The predicted molar refractivity (Wildman–Crippen MR) is 51.2 cm³/mol. The second-order valence-electron chi connectivity index (χ2n) is 3.08. The molecule has 0 aromatic heterocycles. The monoisotopic (exact) mass is 227 g/mol. The Morgan fingerprint density at radius 3 is 2.85 bits per heavy atom. The molecule has 0 amide bonds. The van der Waals surface area contributed by atoms with Gasteiger partial charge in [-0.25, -0.2) is 8.42 Å². The molecule has 1 aliphatic heterocycles. The number of halogens is 1. The number of methoxy groups -OCH3 is 1. The molecule has 1 aliphatic rings. The third-order valence-corrected chi connectivity index (χ3v) is 4.48. The lowest BCUT2D eigenvalue weighted by Gasteiger charge is -2.21. The summed E-state index contributed by atoms with van der Waals surface area (Å²) in [4.78, 5) is 0. The molecule has 0 spiro atoms. The maximum absolute atomic E-state index is 11.4. The van der Waals surface area contributed by atoms with Crippen molar-refractivity contribution in [2.75, 3.05) is 25.5 Å². The van der Waals surface area contributed by atoms with Gasteiger partial charge >= 0.3 is 0 Å². The Bertz CT molecular complexity index is 254. The summed E-state index contributed by atoms with van der Waals surface area (Å²) in [5, 5.41) is -0.340. The van der Waals surface area contributed by atoms with Gasteiger partial charge < -0.3 is 4.74 Å². The molecule has 0 aliphatic carbocycles. The van der Waals surface area contributed by atoms with Crippen molar-refractivity contribution in [1.82, 2.24) is 4.31 Å². The van der Waals surface area contributed by atoms with E-state index in [1.807, 2.05) is 0 Å². The molecule has 0 radical (unpaired) electrons. The molecule has 0 saturated carbocycles. The van der Waals surface area contributed by atoms with Crippen LogP contribution < -0.4 is 0 Å². The number of sulfonamides is 1. The zero-order chi connectivity index (χ0) is 9.90. The molecule has 0 aromatic rings. The molecule has 4 nitrogen and oxygen atoms in total. The third kappa shape index (κ3) is 2.56. The molecule has 1 fully saturated rings. The minimum atomic E-state index is -3.25. The van der Waals surface area contributed by atoms with Crippen molar-refractivity contribution in [3.05, 3.63) is 0 Å². The van der Waals surface area contributed by atoms with E-state index >= 15 is 0 Å². The maximum Gasteiger partial charge on any atom is 0.228 e. The number of ether oxygens (including phenoxy) is 1. The molecule has 1 atom stereocenters. The first-order chi connectivity index (χ1) is 6.11. The fourth-order valence-corrected chi connectivity index (χ4v) is 3.13. The first-order valence-electron chi connectivity index (χ1n) is 4.16. The van der Waals surface area contributed by atoms with Gasteiger partial charge in [0.15, 0.2) is 0 Å². The average molecular weight is 228 g/mol. The molecule has 13 heavy (non-hydrogen) atoms. The number of nitrogens with zero attached hydrogens (tertiary/aromatic N) is 1. The van der Waals surface area contributed by atoms with E-state index in [9.17, 15) is 8.42 Å². The van der Waals surface area contributed by atoms with Crippen LogP contribution in [-0.4, -0.2) is 44.2 Å². The van der Waals surface area contributed by atoms with Gasteiger partial charge in [-0.1, -0.05) is 0 Å². The van der Waals surface area contributed by atoms with Crippen LogP contribution in [0.15, 0.2) is 0 Å². The van der Waals surface area contributed by atoms with Gasteiger partial charge in [-0.15, -0.1) is 11.6 Å². The Kier molecular flexibility index (Phi) is 3.97. The second-order valence-corrected chi connectivity index (χ2v) is 5.59. The molecule has 0 N–H and O–H groups in total. The summed E-state index contributed by atoms with van der Waals surface area (Å²) in [6.07, 6.45) is 1.76. The number of rotatable bonds is 4. The van der Waals surface area contributed by atoms with Crippen LogP contribution in [0.1, 0.15) is 12.8 Å². The lowest BCUT2D eigenvalue weighted by Crippen LogP contribution is -2.38. The van der Waals surface area contributed by atoms with E-state index in [0.717, 1.165) is 12.8 Å². The van der Waals surface area contributed by atoms with Crippen molar-refractivity contribution in [2.24, 2.45) is 0 Å². The summed E-state index contributed by atoms with van der Waals surface area (Å²) >= 11 is 5.37. The molecule has 0 unspecified atom stereocenters. The highest BCUT2D eigenvalue weighted by atomic mass is 35.5. The largest absolute Gasteiger partial charge is 0.383 e. The van der Waals surface area contributed by atoms with Crippen LogP contribution in [0.3, 0.4) is 0 Å². The van der Waals surface area contributed by atoms with Gasteiger partial charge in [0.1, 0.15) is 5.21 Å². The highest BCUT2D eigenvalue weighted by molar-refractivity contribution is 7.90. The van der Waals surface area contributed by atoms with Crippen LogP contribution in [0.25, 0.3) is 0 Å². The Balaban J connectivity index is 2.68. The molecule has 1 saturated heterocycles. The topological polar surface area (TPSA) is 46.6 Å². The number of hydrogen-bond donors (Lipinski definition) is 0. The van der Waals surface area contributed by atoms with Gasteiger partial charge in [-0.05, 0) is 12.8 Å². The Morgan fingerprint density at radius 1 is 1.62 bits per heavy atom. The summed E-state index contributed by atoms with van der Waals surface area (Å²) in [7, 11) is -1.68. The first-order valence-corrected chi connectivity index (χ1v) is 6.30. The summed E-state index contributed by atoms with van der Waals surface area (Å²) in [6, 6.07) is -0.0197. The van der Waals surface area contributed by atoms with E-state index in [0.29, 0.717) is 13.2 Å². The third-order valence-electron chi connectivity index (χ3n) is 2.18. The van der Waals surface area contributed by atoms with Gasteiger partial charge in [0.25, 0.3) is 0 Å². The minimum Gasteiger partial charge on any atom is -0.383 e. The van der Waals surface area contributed by atoms with Crippen LogP contribution in [-0.2, 0) is 14.8 Å². The van der Waals surface area contributed by atoms with E-state index in [1.54, 1.807) is 7.11 Å². The number of hydrogen-bond acceptors (Lipinski definition) is 3. The van der Waals surface area contributed by atoms with Crippen molar-refractivity contribution in [2.45, 2.75) is 18.9 Å². The normalized spacial score (nSPS) is 25.2. The SMILES string of the molecule is COC[C@@H]1CCCN1S(=O)(=O)CCl. The summed E-state index contributed by atoms with van der Waals surface area (Å²) < 4.78 is 29.2. The van der Waals surface area contributed by atoms with Gasteiger partial charge in [0, 0.05) is 19.7 Å².